The van der Waals surface area contributed by atoms with Gasteiger partial charge in [-0.1, -0.05) is 5.16 Å². The molecule has 0 saturated carbocycles. The van der Waals surface area contributed by atoms with Crippen LogP contribution in [0.25, 0.3) is 0 Å². The summed E-state index contributed by atoms with van der Waals surface area (Å²) in [5, 5.41) is 3.98. The highest BCUT2D eigenvalue weighted by Crippen LogP contribution is 2.25. The number of rotatable bonds is 4. The first-order valence-corrected chi connectivity index (χ1v) is 6.21. The van der Waals surface area contributed by atoms with E-state index in [4.69, 9.17) is 4.52 Å². The number of aromatic nitrogens is 2. The minimum Gasteiger partial charge on any atom is -0.339 e. The molecule has 1 fully saturated rings. The molecule has 0 aromatic carbocycles. The lowest BCUT2D eigenvalue weighted by molar-refractivity contribution is -0.107. The second-order valence-electron chi connectivity index (χ2n) is 4.84. The second-order valence-corrected chi connectivity index (χ2v) is 4.84. The SMILES string of the molecule is CC(C)N1CCCC(c2noc(CC=O)n2)C1. The maximum Gasteiger partial charge on any atom is 0.233 e. The fraction of sp³-hybridized carbons (Fsp3) is 0.750. The Hall–Kier alpha value is -1.23. The Bertz CT molecular complexity index is 376. The van der Waals surface area contributed by atoms with E-state index >= 15 is 0 Å². The van der Waals surface area contributed by atoms with Gasteiger partial charge in [0.05, 0.1) is 6.42 Å². The summed E-state index contributed by atoms with van der Waals surface area (Å²) in [6.45, 7) is 6.54. The second kappa shape index (κ2) is 5.40. The molecule has 1 saturated heterocycles. The van der Waals surface area contributed by atoms with Gasteiger partial charge in [-0.3, -0.25) is 0 Å². The molecule has 1 aliphatic rings. The zero-order valence-corrected chi connectivity index (χ0v) is 10.4. The normalized spacial score (nSPS) is 21.9. The number of nitrogens with zero attached hydrogens (tertiary/aromatic N) is 3. The van der Waals surface area contributed by atoms with Crippen molar-refractivity contribution in [1.82, 2.24) is 15.0 Å². The average Bonchev–Trinajstić information content (AvgIpc) is 2.78. The molecule has 0 radical (unpaired) electrons. The van der Waals surface area contributed by atoms with Crippen LogP contribution >= 0.6 is 0 Å². The van der Waals surface area contributed by atoms with Crippen molar-refractivity contribution in [3.63, 3.8) is 0 Å². The van der Waals surface area contributed by atoms with Crippen molar-refractivity contribution >= 4 is 6.29 Å². The summed E-state index contributed by atoms with van der Waals surface area (Å²) in [5.41, 5.74) is 0. The summed E-state index contributed by atoms with van der Waals surface area (Å²) in [6, 6.07) is 0.555. The summed E-state index contributed by atoms with van der Waals surface area (Å²) >= 11 is 0. The summed E-state index contributed by atoms with van der Waals surface area (Å²) in [6.07, 6.45) is 3.27. The van der Waals surface area contributed by atoms with Gasteiger partial charge in [-0.05, 0) is 33.2 Å². The maximum atomic E-state index is 10.4. The topological polar surface area (TPSA) is 59.2 Å². The van der Waals surface area contributed by atoms with Crippen molar-refractivity contribution in [2.75, 3.05) is 13.1 Å². The van der Waals surface area contributed by atoms with Crippen LogP contribution in [-0.2, 0) is 11.2 Å². The molecular weight excluding hydrogens is 218 g/mol. The van der Waals surface area contributed by atoms with Gasteiger partial charge in [0.2, 0.25) is 5.89 Å². The van der Waals surface area contributed by atoms with Crippen molar-refractivity contribution in [2.24, 2.45) is 0 Å². The van der Waals surface area contributed by atoms with Crippen LogP contribution in [0.15, 0.2) is 4.52 Å². The fourth-order valence-electron chi connectivity index (χ4n) is 2.27. The molecule has 17 heavy (non-hydrogen) atoms. The van der Waals surface area contributed by atoms with Gasteiger partial charge in [-0.15, -0.1) is 0 Å². The molecule has 0 N–H and O–H groups in total. The summed E-state index contributed by atoms with van der Waals surface area (Å²) in [7, 11) is 0. The molecule has 0 bridgehead atoms. The van der Waals surface area contributed by atoms with Crippen LogP contribution in [0.3, 0.4) is 0 Å². The van der Waals surface area contributed by atoms with Gasteiger partial charge in [0.1, 0.15) is 6.29 Å². The Labute approximate surface area is 101 Å². The maximum absolute atomic E-state index is 10.4. The van der Waals surface area contributed by atoms with Crippen LogP contribution in [0.2, 0.25) is 0 Å². The third-order valence-electron chi connectivity index (χ3n) is 3.29. The molecule has 1 unspecified atom stereocenters. The lowest BCUT2D eigenvalue weighted by Crippen LogP contribution is -2.39. The van der Waals surface area contributed by atoms with Gasteiger partial charge in [0.25, 0.3) is 0 Å². The molecule has 2 heterocycles. The Morgan fingerprint density at radius 3 is 3.12 bits per heavy atom. The fourth-order valence-corrected chi connectivity index (χ4v) is 2.27. The van der Waals surface area contributed by atoms with Crippen molar-refractivity contribution in [2.45, 2.75) is 45.1 Å². The standard InChI is InChI=1S/C12H19N3O2/c1-9(2)15-6-3-4-10(8-15)12-13-11(5-7-16)17-14-12/h7,9-10H,3-6,8H2,1-2H3. The number of hydrogen-bond acceptors (Lipinski definition) is 5. The van der Waals surface area contributed by atoms with Crippen molar-refractivity contribution < 1.29 is 9.32 Å². The molecule has 0 aliphatic carbocycles. The van der Waals surface area contributed by atoms with E-state index < -0.39 is 0 Å². The summed E-state index contributed by atoms with van der Waals surface area (Å²) in [4.78, 5) is 17.1. The molecular formula is C12H19N3O2. The highest BCUT2D eigenvalue weighted by Gasteiger charge is 2.26. The van der Waals surface area contributed by atoms with E-state index in [0.717, 1.165) is 31.6 Å². The highest BCUT2D eigenvalue weighted by molar-refractivity contribution is 5.52. The molecule has 2 rings (SSSR count). The van der Waals surface area contributed by atoms with Crippen molar-refractivity contribution in [3.05, 3.63) is 11.7 Å². The van der Waals surface area contributed by atoms with E-state index in [1.807, 2.05) is 0 Å². The average molecular weight is 237 g/mol. The van der Waals surface area contributed by atoms with Gasteiger partial charge in [-0.2, -0.15) is 4.98 Å². The molecule has 94 valence electrons. The van der Waals surface area contributed by atoms with E-state index in [2.05, 4.69) is 28.9 Å². The van der Waals surface area contributed by atoms with Gasteiger partial charge < -0.3 is 14.2 Å². The van der Waals surface area contributed by atoms with E-state index in [0.29, 0.717) is 17.9 Å². The molecule has 5 heteroatoms. The summed E-state index contributed by atoms with van der Waals surface area (Å²) in [5.74, 6) is 1.53. The Morgan fingerprint density at radius 2 is 2.41 bits per heavy atom. The molecule has 0 spiro atoms. The smallest absolute Gasteiger partial charge is 0.233 e. The van der Waals surface area contributed by atoms with Crippen molar-refractivity contribution in [3.8, 4) is 0 Å². The van der Waals surface area contributed by atoms with Crippen LogP contribution in [0.4, 0.5) is 0 Å². The zero-order chi connectivity index (χ0) is 12.3. The molecule has 1 aromatic heterocycles. The minimum atomic E-state index is 0.216. The zero-order valence-electron chi connectivity index (χ0n) is 10.4. The van der Waals surface area contributed by atoms with E-state index in [9.17, 15) is 4.79 Å². The molecule has 0 amide bonds. The number of hydrogen-bond donors (Lipinski definition) is 0. The van der Waals surface area contributed by atoms with E-state index in [1.54, 1.807) is 0 Å². The lowest BCUT2D eigenvalue weighted by atomic mass is 9.96. The van der Waals surface area contributed by atoms with Gasteiger partial charge in [0.15, 0.2) is 5.82 Å². The van der Waals surface area contributed by atoms with Crippen LogP contribution in [0.5, 0.6) is 0 Å². The van der Waals surface area contributed by atoms with Gasteiger partial charge in [0, 0.05) is 18.5 Å². The lowest BCUT2D eigenvalue weighted by Gasteiger charge is -2.34. The summed E-state index contributed by atoms with van der Waals surface area (Å²) < 4.78 is 5.04. The first kappa shape index (κ1) is 12.2. The predicted octanol–water partition coefficient (Wildman–Crippen LogP) is 1.40. The van der Waals surface area contributed by atoms with Crippen LogP contribution in [-0.4, -0.2) is 40.5 Å². The Balaban J connectivity index is 2.02. The van der Waals surface area contributed by atoms with Gasteiger partial charge >= 0.3 is 0 Å². The van der Waals surface area contributed by atoms with Crippen LogP contribution in [0, 0.1) is 0 Å². The largest absolute Gasteiger partial charge is 0.339 e. The third kappa shape index (κ3) is 2.91. The number of likely N-dealkylation sites (tertiary alicyclic amines) is 1. The van der Waals surface area contributed by atoms with E-state index in [-0.39, 0.29) is 6.42 Å². The van der Waals surface area contributed by atoms with E-state index in [1.165, 1.54) is 6.42 Å². The van der Waals surface area contributed by atoms with Crippen LogP contribution < -0.4 is 0 Å². The monoisotopic (exact) mass is 237 g/mol. The predicted molar refractivity (Wildman–Crippen MR) is 62.8 cm³/mol. The molecule has 5 nitrogen and oxygen atoms in total. The first-order valence-electron chi connectivity index (χ1n) is 6.21. The van der Waals surface area contributed by atoms with Gasteiger partial charge in [-0.25, -0.2) is 0 Å². The van der Waals surface area contributed by atoms with Crippen molar-refractivity contribution in [1.29, 1.82) is 0 Å². The Morgan fingerprint density at radius 1 is 1.59 bits per heavy atom. The minimum absolute atomic E-state index is 0.216. The van der Waals surface area contributed by atoms with Crippen LogP contribution in [0.1, 0.15) is 44.3 Å². The molecule has 1 atom stereocenters. The molecule has 1 aliphatic heterocycles. The number of carbonyl (C=O) groups is 1. The number of piperidine rings is 1. The molecule has 1 aromatic rings. The highest BCUT2D eigenvalue weighted by atomic mass is 16.5. The first-order chi connectivity index (χ1) is 8.20. The quantitative estimate of drug-likeness (QED) is 0.741. The Kier molecular flexibility index (Phi) is 3.89. The number of carbonyl (C=O) groups excluding carboxylic acids is 1. The number of aldehydes is 1. The third-order valence-corrected chi connectivity index (χ3v) is 3.29.